The average molecular weight is 652 g/mol. The van der Waals surface area contributed by atoms with Crippen LogP contribution in [0.4, 0.5) is 4.39 Å². The van der Waals surface area contributed by atoms with Crippen molar-refractivity contribution in [3.05, 3.63) is 108 Å². The molecule has 10 nitrogen and oxygen atoms in total. The van der Waals surface area contributed by atoms with Gasteiger partial charge in [0.2, 0.25) is 5.91 Å². The van der Waals surface area contributed by atoms with Gasteiger partial charge in [-0.05, 0) is 76.2 Å². The van der Waals surface area contributed by atoms with Gasteiger partial charge in [-0.1, -0.05) is 50.3 Å². The van der Waals surface area contributed by atoms with Crippen LogP contribution in [0.5, 0.6) is 0 Å². The molecular formula is C36H54FN7O3. The molecule has 0 fully saturated rings. The second-order valence-corrected chi connectivity index (χ2v) is 10.8. The Morgan fingerprint density at radius 3 is 2.74 bits per heavy atom. The van der Waals surface area contributed by atoms with Crippen LogP contribution in [-0.2, 0) is 9.53 Å². The van der Waals surface area contributed by atoms with E-state index in [1.807, 2.05) is 68.3 Å². The van der Waals surface area contributed by atoms with Crippen LogP contribution in [-0.4, -0.2) is 73.4 Å². The van der Waals surface area contributed by atoms with E-state index in [9.17, 15) is 14.3 Å². The number of rotatable bonds is 19. The fourth-order valence-electron chi connectivity index (χ4n) is 4.47. The predicted octanol–water partition coefficient (Wildman–Crippen LogP) is 5.19. The number of aliphatic hydroxyl groups excluding tert-OH is 1. The summed E-state index contributed by atoms with van der Waals surface area (Å²) in [6.45, 7) is 14.0. The van der Waals surface area contributed by atoms with Crippen molar-refractivity contribution >= 4 is 17.8 Å². The van der Waals surface area contributed by atoms with Gasteiger partial charge in [-0.3, -0.25) is 9.69 Å². The van der Waals surface area contributed by atoms with E-state index in [1.54, 1.807) is 25.3 Å². The fraction of sp³-hybridized carbons (Fsp3) is 0.417. The lowest BCUT2D eigenvalue weighted by molar-refractivity contribution is -0.113. The van der Waals surface area contributed by atoms with Crippen molar-refractivity contribution in [3.63, 3.8) is 0 Å². The monoisotopic (exact) mass is 651 g/mol. The summed E-state index contributed by atoms with van der Waals surface area (Å²) in [6, 6.07) is 0.207. The molecule has 1 heterocycles. The minimum absolute atomic E-state index is 0.138. The first-order chi connectivity index (χ1) is 22.6. The SMILES string of the molecule is C/C=C/C=C(\C=N)NC(O)CN(CCCC)CC1=C(F)CCC=C1OC.C=C(/C=C/C(N)=O)/C(=N\NC/C=C\C)C1=CC(C)NC=C1. The van der Waals surface area contributed by atoms with Gasteiger partial charge in [0.1, 0.15) is 17.8 Å². The smallest absolute Gasteiger partial charge is 0.241 e. The molecule has 2 rings (SSSR count). The van der Waals surface area contributed by atoms with E-state index >= 15 is 0 Å². The zero-order valence-corrected chi connectivity index (χ0v) is 28.6. The molecule has 47 heavy (non-hydrogen) atoms. The van der Waals surface area contributed by atoms with Crippen LogP contribution in [0.3, 0.4) is 0 Å². The Bertz CT molecular complexity index is 1310. The van der Waals surface area contributed by atoms with Crippen LogP contribution in [0.25, 0.3) is 0 Å². The Kier molecular flexibility index (Phi) is 20.5. The third-order valence-electron chi connectivity index (χ3n) is 6.85. The van der Waals surface area contributed by atoms with E-state index in [0.717, 1.165) is 31.2 Å². The minimum atomic E-state index is -0.854. The molecule has 0 aromatic heterocycles. The van der Waals surface area contributed by atoms with Crippen LogP contribution >= 0.6 is 0 Å². The number of halogens is 1. The van der Waals surface area contributed by atoms with Gasteiger partial charge in [0.25, 0.3) is 0 Å². The number of carbonyl (C=O) groups excluding carboxylic acids is 1. The second kappa shape index (κ2) is 23.8. The molecule has 1 aliphatic carbocycles. The number of dihydropyridines is 1. The van der Waals surface area contributed by atoms with Crippen LogP contribution in [0, 0.1) is 5.41 Å². The summed E-state index contributed by atoms with van der Waals surface area (Å²) in [4.78, 5) is 12.9. The lowest BCUT2D eigenvalue weighted by Crippen LogP contribution is -2.42. The summed E-state index contributed by atoms with van der Waals surface area (Å²) in [5.41, 5.74) is 11.4. The van der Waals surface area contributed by atoms with Crippen LogP contribution < -0.4 is 21.8 Å². The molecule has 258 valence electrons. The molecule has 2 unspecified atom stereocenters. The van der Waals surface area contributed by atoms with Gasteiger partial charge in [-0.2, -0.15) is 5.10 Å². The van der Waals surface area contributed by atoms with Gasteiger partial charge in [0.05, 0.1) is 25.1 Å². The summed E-state index contributed by atoms with van der Waals surface area (Å²) >= 11 is 0. The molecule has 1 amide bonds. The number of hydrogen-bond donors (Lipinski definition) is 6. The maximum Gasteiger partial charge on any atom is 0.241 e. The average Bonchev–Trinajstić information content (AvgIpc) is 3.05. The van der Waals surface area contributed by atoms with Crippen LogP contribution in [0.2, 0.25) is 0 Å². The van der Waals surface area contributed by atoms with Crippen molar-refractivity contribution in [1.82, 2.24) is 21.0 Å². The van der Waals surface area contributed by atoms with E-state index in [4.69, 9.17) is 15.9 Å². The highest BCUT2D eigenvalue weighted by molar-refractivity contribution is 6.15. The highest BCUT2D eigenvalue weighted by Crippen LogP contribution is 2.27. The molecule has 0 saturated carbocycles. The summed E-state index contributed by atoms with van der Waals surface area (Å²) in [7, 11) is 1.56. The summed E-state index contributed by atoms with van der Waals surface area (Å²) < 4.78 is 19.6. The molecule has 11 heteroatoms. The molecular weight excluding hydrogens is 597 g/mol. The first-order valence-corrected chi connectivity index (χ1v) is 16.0. The fourth-order valence-corrected chi connectivity index (χ4v) is 4.47. The highest BCUT2D eigenvalue weighted by atomic mass is 19.1. The Morgan fingerprint density at radius 1 is 1.36 bits per heavy atom. The zero-order chi connectivity index (χ0) is 35.0. The summed E-state index contributed by atoms with van der Waals surface area (Å²) in [5.74, 6) is -0.0621. The number of ether oxygens (including phenoxy) is 1. The quantitative estimate of drug-likeness (QED) is 0.0214. The number of hydrogen-bond acceptors (Lipinski definition) is 9. The number of carbonyl (C=O) groups is 1. The van der Waals surface area contributed by atoms with Crippen molar-refractivity contribution in [2.24, 2.45) is 10.8 Å². The Labute approximate surface area is 280 Å². The molecule has 0 aromatic carbocycles. The first kappa shape index (κ1) is 40.5. The number of amides is 1. The number of nitrogens with zero attached hydrogens (tertiary/aromatic N) is 2. The molecule has 0 saturated heterocycles. The number of allylic oxidation sites excluding steroid dienone is 11. The third kappa shape index (κ3) is 16.6. The van der Waals surface area contributed by atoms with Crippen molar-refractivity contribution in [3.8, 4) is 0 Å². The molecule has 0 radical (unpaired) electrons. The largest absolute Gasteiger partial charge is 0.497 e. The summed E-state index contributed by atoms with van der Waals surface area (Å²) in [6.07, 6.45) is 23.2. The van der Waals surface area contributed by atoms with Crippen molar-refractivity contribution < 1.29 is 19.0 Å². The molecule has 2 aliphatic rings. The molecule has 0 aromatic rings. The van der Waals surface area contributed by atoms with E-state index in [-0.39, 0.29) is 11.9 Å². The van der Waals surface area contributed by atoms with Gasteiger partial charge in [0.15, 0.2) is 0 Å². The number of hydrazone groups is 1. The Hall–Kier alpha value is -4.48. The number of nitrogens with one attached hydrogen (secondary N) is 4. The van der Waals surface area contributed by atoms with Crippen molar-refractivity contribution in [2.45, 2.75) is 65.6 Å². The maximum atomic E-state index is 14.3. The molecule has 0 bridgehead atoms. The lowest BCUT2D eigenvalue weighted by Gasteiger charge is -2.28. The Morgan fingerprint density at radius 2 is 2.13 bits per heavy atom. The third-order valence-corrected chi connectivity index (χ3v) is 6.85. The molecule has 2 atom stereocenters. The van der Waals surface area contributed by atoms with Gasteiger partial charge in [-0.25, -0.2) is 4.39 Å². The molecule has 0 spiro atoms. The first-order valence-electron chi connectivity index (χ1n) is 16.0. The zero-order valence-electron chi connectivity index (χ0n) is 28.6. The molecule has 7 N–H and O–H groups in total. The van der Waals surface area contributed by atoms with Crippen LogP contribution in [0.1, 0.15) is 53.4 Å². The second-order valence-electron chi connectivity index (χ2n) is 10.8. The number of aliphatic hydroxyl groups is 1. The van der Waals surface area contributed by atoms with E-state index in [0.29, 0.717) is 60.8 Å². The number of primary amides is 1. The van der Waals surface area contributed by atoms with Gasteiger partial charge in [-0.15, -0.1) is 0 Å². The number of unbranched alkanes of at least 4 members (excludes halogenated alkanes) is 1. The van der Waals surface area contributed by atoms with Gasteiger partial charge < -0.3 is 37.0 Å². The predicted molar refractivity (Wildman–Crippen MR) is 192 cm³/mol. The topological polar surface area (TPSA) is 148 Å². The maximum absolute atomic E-state index is 14.3. The molecule has 1 aliphatic heterocycles. The van der Waals surface area contributed by atoms with Gasteiger partial charge in [0, 0.05) is 49.0 Å². The van der Waals surface area contributed by atoms with E-state index in [2.05, 4.69) is 34.7 Å². The number of nitrogens with two attached hydrogens (primary N) is 1. The lowest BCUT2D eigenvalue weighted by atomic mass is 9.99. The van der Waals surface area contributed by atoms with Gasteiger partial charge >= 0.3 is 0 Å². The highest BCUT2D eigenvalue weighted by Gasteiger charge is 2.21. The normalized spacial score (nSPS) is 17.7. The van der Waals surface area contributed by atoms with E-state index < -0.39 is 12.1 Å². The minimum Gasteiger partial charge on any atom is -0.497 e. The van der Waals surface area contributed by atoms with Crippen molar-refractivity contribution in [1.29, 1.82) is 5.41 Å². The van der Waals surface area contributed by atoms with E-state index in [1.165, 1.54) is 6.08 Å². The Balaban J connectivity index is 0.000000481. The van der Waals surface area contributed by atoms with Crippen LogP contribution in [0.15, 0.2) is 113 Å². The standard InChI is InChI=1S/C20H32FN3O2.C16H22N4O/c1-4-6-9-16(13-22)23-20(25)15-24(12-7-5-2)14-17-18(21)10-8-11-19(17)26-3;1-4-5-9-19-20-16(12(2)6-7-15(17)21)14-8-10-18-13(3)11-14/h4,6,9,11,13,20,22-23,25H,5,7-8,10,12,14-15H2,1-3H3;4-8,10-11,13,18-19H,2,9H2,1,3H3,(H2,17,21)/b6-4+,16-9+,22-13?;5-4-,7-6+,20-16+. The number of methoxy groups -OCH3 is 1. The van der Waals surface area contributed by atoms with Crippen molar-refractivity contribution in [2.75, 3.05) is 33.3 Å². The summed E-state index contributed by atoms with van der Waals surface area (Å²) in [5, 5.41) is 28.2.